The van der Waals surface area contributed by atoms with Crippen LogP contribution in [0.4, 0.5) is 17.5 Å². The van der Waals surface area contributed by atoms with E-state index >= 15 is 0 Å². The summed E-state index contributed by atoms with van der Waals surface area (Å²) in [5, 5.41) is 11.2. The SMILES string of the molecule is C=CC(=O)N1CC[C@@H](N(C)c2nnc(C(N)=O)c(Nc3ccc(C)cc3)n2)[C@H]1C. The van der Waals surface area contributed by atoms with Crippen LogP contribution < -0.4 is 16.0 Å². The number of likely N-dealkylation sites (N-methyl/N-ethyl adjacent to an activating group) is 1. The average molecular weight is 395 g/mol. The number of aryl methyl sites for hydroxylation is 1. The summed E-state index contributed by atoms with van der Waals surface area (Å²) < 4.78 is 0. The number of carbonyl (C=O) groups excluding carboxylic acids is 2. The predicted octanol–water partition coefficient (Wildman–Crippen LogP) is 1.63. The second-order valence-electron chi connectivity index (χ2n) is 7.11. The van der Waals surface area contributed by atoms with E-state index in [1.54, 1.807) is 4.90 Å². The molecule has 9 nitrogen and oxygen atoms in total. The first-order chi connectivity index (χ1) is 13.8. The van der Waals surface area contributed by atoms with Crippen LogP contribution in [0.2, 0.25) is 0 Å². The number of benzene rings is 1. The van der Waals surface area contributed by atoms with Crippen LogP contribution in [-0.4, -0.2) is 57.6 Å². The van der Waals surface area contributed by atoms with Crippen LogP contribution in [-0.2, 0) is 4.79 Å². The lowest BCUT2D eigenvalue weighted by atomic mass is 10.1. The average Bonchev–Trinajstić information content (AvgIpc) is 3.09. The zero-order valence-corrected chi connectivity index (χ0v) is 16.8. The lowest BCUT2D eigenvalue weighted by molar-refractivity contribution is -0.126. The van der Waals surface area contributed by atoms with Gasteiger partial charge in [0, 0.05) is 25.3 Å². The van der Waals surface area contributed by atoms with Crippen LogP contribution in [0, 0.1) is 6.92 Å². The second-order valence-corrected chi connectivity index (χ2v) is 7.11. The van der Waals surface area contributed by atoms with E-state index < -0.39 is 5.91 Å². The van der Waals surface area contributed by atoms with Gasteiger partial charge in [-0.25, -0.2) is 0 Å². The Balaban J connectivity index is 1.88. The fourth-order valence-corrected chi connectivity index (χ4v) is 3.51. The summed E-state index contributed by atoms with van der Waals surface area (Å²) in [6.07, 6.45) is 2.08. The number of rotatable bonds is 6. The van der Waals surface area contributed by atoms with E-state index in [2.05, 4.69) is 27.1 Å². The Morgan fingerprint density at radius 1 is 1.31 bits per heavy atom. The number of nitrogens with one attached hydrogen (secondary N) is 1. The predicted molar refractivity (Wildman–Crippen MR) is 111 cm³/mol. The molecule has 1 aromatic heterocycles. The molecule has 1 aliphatic heterocycles. The van der Waals surface area contributed by atoms with Gasteiger partial charge in [0.1, 0.15) is 0 Å². The molecule has 1 aliphatic rings. The summed E-state index contributed by atoms with van der Waals surface area (Å²) in [7, 11) is 1.85. The van der Waals surface area contributed by atoms with E-state index in [4.69, 9.17) is 5.73 Å². The zero-order chi connectivity index (χ0) is 21.1. The first-order valence-corrected chi connectivity index (χ1v) is 9.36. The van der Waals surface area contributed by atoms with E-state index in [9.17, 15) is 9.59 Å². The minimum absolute atomic E-state index is 0.00681. The molecule has 3 N–H and O–H groups in total. The lowest BCUT2D eigenvalue weighted by Gasteiger charge is -2.30. The van der Waals surface area contributed by atoms with Crippen molar-refractivity contribution >= 4 is 29.3 Å². The molecule has 0 spiro atoms. The molecule has 0 aliphatic carbocycles. The fraction of sp³-hybridized carbons (Fsp3) is 0.350. The number of primary amides is 1. The van der Waals surface area contributed by atoms with Crippen LogP contribution in [0.5, 0.6) is 0 Å². The number of carbonyl (C=O) groups is 2. The van der Waals surface area contributed by atoms with Crippen molar-refractivity contribution < 1.29 is 9.59 Å². The van der Waals surface area contributed by atoms with E-state index in [0.29, 0.717) is 12.5 Å². The molecule has 2 aromatic rings. The van der Waals surface area contributed by atoms with Gasteiger partial charge in [-0.1, -0.05) is 24.3 Å². The third-order valence-corrected chi connectivity index (χ3v) is 5.21. The monoisotopic (exact) mass is 395 g/mol. The number of nitrogens with zero attached hydrogens (tertiary/aromatic N) is 5. The highest BCUT2D eigenvalue weighted by Gasteiger charge is 2.36. The Bertz CT molecular complexity index is 929. The summed E-state index contributed by atoms with van der Waals surface area (Å²) in [5.41, 5.74) is 7.27. The molecule has 1 fully saturated rings. The minimum atomic E-state index is -0.717. The van der Waals surface area contributed by atoms with Gasteiger partial charge in [0.2, 0.25) is 11.9 Å². The molecule has 1 aromatic carbocycles. The van der Waals surface area contributed by atoms with E-state index in [0.717, 1.165) is 17.7 Å². The second kappa shape index (κ2) is 8.26. The molecule has 29 heavy (non-hydrogen) atoms. The maximum Gasteiger partial charge on any atom is 0.273 e. The Morgan fingerprint density at radius 3 is 2.62 bits per heavy atom. The smallest absolute Gasteiger partial charge is 0.273 e. The van der Waals surface area contributed by atoms with Crippen LogP contribution in [0.1, 0.15) is 29.4 Å². The molecule has 152 valence electrons. The molecule has 2 heterocycles. The summed E-state index contributed by atoms with van der Waals surface area (Å²) in [4.78, 5) is 31.9. The van der Waals surface area contributed by atoms with Gasteiger partial charge >= 0.3 is 0 Å². The summed E-state index contributed by atoms with van der Waals surface area (Å²) in [6, 6.07) is 7.61. The van der Waals surface area contributed by atoms with Crippen molar-refractivity contribution in [2.75, 3.05) is 23.8 Å². The Labute approximate surface area is 169 Å². The van der Waals surface area contributed by atoms with Crippen LogP contribution in [0.15, 0.2) is 36.9 Å². The lowest BCUT2D eigenvalue weighted by Crippen LogP contribution is -2.44. The number of hydrogen-bond donors (Lipinski definition) is 2. The van der Waals surface area contributed by atoms with Gasteiger partial charge in [0.25, 0.3) is 5.91 Å². The number of aromatic nitrogens is 3. The summed E-state index contributed by atoms with van der Waals surface area (Å²) in [5.74, 6) is -0.235. The van der Waals surface area contributed by atoms with E-state index in [1.807, 2.05) is 50.1 Å². The molecular weight excluding hydrogens is 370 g/mol. The first kappa shape index (κ1) is 20.2. The maximum absolute atomic E-state index is 12.0. The van der Waals surface area contributed by atoms with Crippen molar-refractivity contribution in [3.8, 4) is 0 Å². The van der Waals surface area contributed by atoms with Crippen molar-refractivity contribution in [2.24, 2.45) is 5.73 Å². The number of nitrogens with two attached hydrogens (primary N) is 1. The van der Waals surface area contributed by atoms with Gasteiger partial charge in [-0.05, 0) is 38.5 Å². The van der Waals surface area contributed by atoms with E-state index in [1.165, 1.54) is 6.08 Å². The Morgan fingerprint density at radius 2 is 2.00 bits per heavy atom. The van der Waals surface area contributed by atoms with Gasteiger partial charge in [-0.3, -0.25) is 9.59 Å². The highest BCUT2D eigenvalue weighted by atomic mass is 16.2. The molecular formula is C20H25N7O2. The topological polar surface area (TPSA) is 117 Å². The zero-order valence-electron chi connectivity index (χ0n) is 16.8. The molecule has 0 bridgehead atoms. The maximum atomic E-state index is 12.0. The van der Waals surface area contributed by atoms with Gasteiger partial charge < -0.3 is 20.9 Å². The first-order valence-electron chi connectivity index (χ1n) is 9.36. The Hall–Kier alpha value is -3.49. The van der Waals surface area contributed by atoms with Crippen molar-refractivity contribution in [3.05, 3.63) is 48.2 Å². The number of amides is 2. The molecule has 0 unspecified atom stereocenters. The standard InChI is InChI=1S/C20H25N7O2/c1-5-16(28)27-11-10-15(13(27)3)26(4)20-23-19(17(18(21)29)24-25-20)22-14-8-6-12(2)7-9-14/h5-9,13,15H,1,10-11H2,2-4H3,(H2,21,29)(H,22,23,25)/t13-,15-/m1/s1. The summed E-state index contributed by atoms with van der Waals surface area (Å²) in [6.45, 7) is 8.15. The van der Waals surface area contributed by atoms with Crippen molar-refractivity contribution in [1.82, 2.24) is 20.1 Å². The quantitative estimate of drug-likeness (QED) is 0.714. The minimum Gasteiger partial charge on any atom is -0.364 e. The highest BCUT2D eigenvalue weighted by Crippen LogP contribution is 2.26. The molecule has 2 amide bonds. The normalized spacial score (nSPS) is 18.4. The third kappa shape index (κ3) is 4.18. The number of hydrogen-bond acceptors (Lipinski definition) is 7. The molecule has 9 heteroatoms. The number of anilines is 3. The van der Waals surface area contributed by atoms with Gasteiger partial charge in [0.05, 0.1) is 6.04 Å². The van der Waals surface area contributed by atoms with E-state index in [-0.39, 0.29) is 29.5 Å². The number of likely N-dealkylation sites (tertiary alicyclic amines) is 1. The van der Waals surface area contributed by atoms with Gasteiger partial charge in [-0.2, -0.15) is 4.98 Å². The Kier molecular flexibility index (Phi) is 5.76. The largest absolute Gasteiger partial charge is 0.364 e. The van der Waals surface area contributed by atoms with Crippen LogP contribution in [0.3, 0.4) is 0 Å². The molecule has 3 rings (SSSR count). The third-order valence-electron chi connectivity index (χ3n) is 5.21. The molecule has 2 atom stereocenters. The van der Waals surface area contributed by atoms with Crippen molar-refractivity contribution in [3.63, 3.8) is 0 Å². The summed E-state index contributed by atoms with van der Waals surface area (Å²) >= 11 is 0. The molecule has 1 saturated heterocycles. The van der Waals surface area contributed by atoms with Crippen LogP contribution >= 0.6 is 0 Å². The molecule has 0 radical (unpaired) electrons. The van der Waals surface area contributed by atoms with Gasteiger partial charge in [0.15, 0.2) is 11.5 Å². The highest BCUT2D eigenvalue weighted by molar-refractivity contribution is 5.96. The molecule has 0 saturated carbocycles. The van der Waals surface area contributed by atoms with Gasteiger partial charge in [-0.15, -0.1) is 10.2 Å². The van der Waals surface area contributed by atoms with Crippen molar-refractivity contribution in [1.29, 1.82) is 0 Å². The fourth-order valence-electron chi connectivity index (χ4n) is 3.51. The van der Waals surface area contributed by atoms with Crippen LogP contribution in [0.25, 0.3) is 0 Å². The van der Waals surface area contributed by atoms with Crippen molar-refractivity contribution in [2.45, 2.75) is 32.4 Å².